The maximum Gasteiger partial charge on any atom is 0.340 e. The fourth-order valence-electron chi connectivity index (χ4n) is 2.42. The lowest BCUT2D eigenvalue weighted by Crippen LogP contribution is -2.09. The molecule has 0 unspecified atom stereocenters. The van der Waals surface area contributed by atoms with Crippen LogP contribution in [-0.2, 0) is 4.74 Å². The van der Waals surface area contributed by atoms with E-state index in [0.29, 0.717) is 23.5 Å². The molecule has 0 spiro atoms. The van der Waals surface area contributed by atoms with Crippen LogP contribution >= 0.6 is 0 Å². The first-order valence-electron chi connectivity index (χ1n) is 8.47. The third-order valence-corrected chi connectivity index (χ3v) is 3.78. The predicted octanol–water partition coefficient (Wildman–Crippen LogP) is 4.54. The number of carbonyl (C=O) groups is 1. The van der Waals surface area contributed by atoms with Crippen molar-refractivity contribution in [2.24, 2.45) is 0 Å². The molecule has 0 atom stereocenters. The summed E-state index contributed by atoms with van der Waals surface area (Å²) in [6.07, 6.45) is 11.2. The van der Waals surface area contributed by atoms with E-state index in [1.54, 1.807) is 18.2 Å². The van der Waals surface area contributed by atoms with Gasteiger partial charge >= 0.3 is 5.97 Å². The molecule has 0 fully saturated rings. The highest BCUT2D eigenvalue weighted by molar-refractivity contribution is 5.95. The first-order chi connectivity index (χ1) is 10.6. The summed E-state index contributed by atoms with van der Waals surface area (Å²) in [5.41, 5.74) is 12.7. The molecule has 0 saturated carbocycles. The molecule has 0 heterocycles. The summed E-state index contributed by atoms with van der Waals surface area (Å²) in [5.74, 6) is -0.364. The zero-order valence-corrected chi connectivity index (χ0v) is 13.8. The lowest BCUT2D eigenvalue weighted by atomic mass is 10.1. The smallest absolute Gasteiger partial charge is 0.340 e. The predicted molar refractivity (Wildman–Crippen MR) is 92.8 cm³/mol. The minimum absolute atomic E-state index is 0.364. The summed E-state index contributed by atoms with van der Waals surface area (Å²) in [4.78, 5) is 11.9. The van der Waals surface area contributed by atoms with Gasteiger partial charge < -0.3 is 16.2 Å². The quantitative estimate of drug-likeness (QED) is 0.357. The van der Waals surface area contributed by atoms with Gasteiger partial charge in [-0.1, -0.05) is 58.3 Å². The van der Waals surface area contributed by atoms with Gasteiger partial charge in [-0.2, -0.15) is 0 Å². The number of rotatable bonds is 11. The van der Waals surface area contributed by atoms with Crippen molar-refractivity contribution in [1.82, 2.24) is 0 Å². The molecular formula is C18H30N2O2. The summed E-state index contributed by atoms with van der Waals surface area (Å²) in [6.45, 7) is 2.69. The second-order valence-corrected chi connectivity index (χ2v) is 5.81. The molecule has 0 amide bonds. The van der Waals surface area contributed by atoms with Crippen molar-refractivity contribution in [3.63, 3.8) is 0 Å². The molecule has 0 aliphatic carbocycles. The fourth-order valence-corrected chi connectivity index (χ4v) is 2.42. The molecule has 4 heteroatoms. The summed E-state index contributed by atoms with van der Waals surface area (Å²) >= 11 is 0. The van der Waals surface area contributed by atoms with E-state index in [-0.39, 0.29) is 5.97 Å². The molecule has 22 heavy (non-hydrogen) atoms. The lowest BCUT2D eigenvalue weighted by Gasteiger charge is -2.07. The number of nitrogens with two attached hydrogens (primary N) is 2. The van der Waals surface area contributed by atoms with Crippen LogP contribution in [0.2, 0.25) is 0 Å². The standard InChI is InChI=1S/C18H30N2O2/c1-2-3-4-5-6-7-8-9-10-13-22-18(21)16-12-11-15(19)14-17(16)20/h11-12,14H,2-10,13,19-20H2,1H3. The zero-order valence-electron chi connectivity index (χ0n) is 13.8. The van der Waals surface area contributed by atoms with Crippen molar-refractivity contribution in [3.05, 3.63) is 23.8 Å². The summed E-state index contributed by atoms with van der Waals surface area (Å²) in [6, 6.07) is 4.85. The normalized spacial score (nSPS) is 10.6. The summed E-state index contributed by atoms with van der Waals surface area (Å²) < 4.78 is 5.25. The molecule has 0 aliphatic heterocycles. The maximum absolute atomic E-state index is 11.9. The topological polar surface area (TPSA) is 78.3 Å². The van der Waals surface area contributed by atoms with Crippen LogP contribution < -0.4 is 11.5 Å². The summed E-state index contributed by atoms with van der Waals surface area (Å²) in [5, 5.41) is 0. The highest BCUT2D eigenvalue weighted by Crippen LogP contribution is 2.17. The first-order valence-corrected chi connectivity index (χ1v) is 8.47. The van der Waals surface area contributed by atoms with Crippen molar-refractivity contribution in [2.75, 3.05) is 18.1 Å². The molecule has 1 aromatic rings. The number of esters is 1. The third-order valence-electron chi connectivity index (χ3n) is 3.78. The molecule has 1 aromatic carbocycles. The van der Waals surface area contributed by atoms with Crippen LogP contribution in [0.1, 0.15) is 75.1 Å². The van der Waals surface area contributed by atoms with Crippen LogP contribution in [0, 0.1) is 0 Å². The van der Waals surface area contributed by atoms with Crippen molar-refractivity contribution in [3.8, 4) is 0 Å². The van der Waals surface area contributed by atoms with Crippen molar-refractivity contribution >= 4 is 17.3 Å². The first kappa shape index (κ1) is 18.3. The second-order valence-electron chi connectivity index (χ2n) is 5.81. The van der Waals surface area contributed by atoms with E-state index in [2.05, 4.69) is 6.92 Å². The highest BCUT2D eigenvalue weighted by atomic mass is 16.5. The fraction of sp³-hybridized carbons (Fsp3) is 0.611. The molecule has 4 N–H and O–H groups in total. The average molecular weight is 306 g/mol. The van der Waals surface area contributed by atoms with Gasteiger partial charge in [0, 0.05) is 11.4 Å². The Kier molecular flexibility index (Phi) is 9.12. The Morgan fingerprint density at radius 3 is 2.14 bits per heavy atom. The van der Waals surface area contributed by atoms with Crippen LogP contribution in [0.5, 0.6) is 0 Å². The van der Waals surface area contributed by atoms with Crippen molar-refractivity contribution in [2.45, 2.75) is 64.7 Å². The molecule has 0 saturated heterocycles. The van der Waals surface area contributed by atoms with E-state index in [9.17, 15) is 4.79 Å². The van der Waals surface area contributed by atoms with Gasteiger partial charge in [-0.25, -0.2) is 4.79 Å². The Morgan fingerprint density at radius 2 is 1.55 bits per heavy atom. The number of carbonyl (C=O) groups excluding carboxylic acids is 1. The van der Waals surface area contributed by atoms with Crippen LogP contribution in [0.25, 0.3) is 0 Å². The van der Waals surface area contributed by atoms with Gasteiger partial charge in [-0.05, 0) is 24.6 Å². The molecule has 4 nitrogen and oxygen atoms in total. The number of benzene rings is 1. The third kappa shape index (κ3) is 7.34. The Balaban J connectivity index is 2.06. The maximum atomic E-state index is 11.9. The molecule has 1 rings (SSSR count). The van der Waals surface area contributed by atoms with E-state index in [0.717, 1.165) is 12.8 Å². The Morgan fingerprint density at radius 1 is 0.955 bits per heavy atom. The monoisotopic (exact) mass is 306 g/mol. The van der Waals surface area contributed by atoms with E-state index in [1.165, 1.54) is 44.9 Å². The van der Waals surface area contributed by atoms with Gasteiger partial charge in [0.15, 0.2) is 0 Å². The van der Waals surface area contributed by atoms with Gasteiger partial charge in [0.2, 0.25) is 0 Å². The number of nitrogen functional groups attached to an aromatic ring is 2. The summed E-state index contributed by atoms with van der Waals surface area (Å²) in [7, 11) is 0. The van der Waals surface area contributed by atoms with Gasteiger partial charge in [0.05, 0.1) is 12.2 Å². The minimum atomic E-state index is -0.364. The van der Waals surface area contributed by atoms with Gasteiger partial charge in [0.1, 0.15) is 0 Å². The Labute approximate surface area is 134 Å². The van der Waals surface area contributed by atoms with E-state index >= 15 is 0 Å². The van der Waals surface area contributed by atoms with Crippen molar-refractivity contribution in [1.29, 1.82) is 0 Å². The minimum Gasteiger partial charge on any atom is -0.462 e. The highest BCUT2D eigenvalue weighted by Gasteiger charge is 2.10. The Hall–Kier alpha value is -1.71. The number of hydrogen-bond acceptors (Lipinski definition) is 4. The average Bonchev–Trinajstić information content (AvgIpc) is 2.49. The van der Waals surface area contributed by atoms with E-state index in [1.807, 2.05) is 0 Å². The molecule has 124 valence electrons. The van der Waals surface area contributed by atoms with Crippen LogP contribution in [-0.4, -0.2) is 12.6 Å². The van der Waals surface area contributed by atoms with Crippen LogP contribution in [0.15, 0.2) is 18.2 Å². The molecule has 0 aromatic heterocycles. The SMILES string of the molecule is CCCCCCCCCCCOC(=O)c1ccc(N)cc1N. The lowest BCUT2D eigenvalue weighted by molar-refractivity contribution is 0.0499. The number of unbranched alkanes of at least 4 members (excludes halogenated alkanes) is 8. The van der Waals surface area contributed by atoms with Crippen LogP contribution in [0.4, 0.5) is 11.4 Å². The van der Waals surface area contributed by atoms with E-state index in [4.69, 9.17) is 16.2 Å². The molecular weight excluding hydrogens is 276 g/mol. The number of anilines is 2. The largest absolute Gasteiger partial charge is 0.462 e. The molecule has 0 bridgehead atoms. The van der Waals surface area contributed by atoms with Gasteiger partial charge in [-0.3, -0.25) is 0 Å². The Bertz CT molecular complexity index is 447. The molecule has 0 aliphatic rings. The van der Waals surface area contributed by atoms with E-state index < -0.39 is 0 Å². The van der Waals surface area contributed by atoms with Gasteiger partial charge in [0.25, 0.3) is 0 Å². The zero-order chi connectivity index (χ0) is 16.2. The second kappa shape index (κ2) is 10.9. The number of ether oxygens (including phenoxy) is 1. The molecule has 0 radical (unpaired) electrons. The van der Waals surface area contributed by atoms with Crippen molar-refractivity contribution < 1.29 is 9.53 Å². The van der Waals surface area contributed by atoms with Gasteiger partial charge in [-0.15, -0.1) is 0 Å². The number of hydrogen-bond donors (Lipinski definition) is 2. The van der Waals surface area contributed by atoms with Crippen LogP contribution in [0.3, 0.4) is 0 Å².